The van der Waals surface area contributed by atoms with Crippen molar-refractivity contribution in [3.8, 4) is 5.75 Å². The third kappa shape index (κ3) is 4.42. The zero-order valence-electron chi connectivity index (χ0n) is 17.6. The Labute approximate surface area is 181 Å². The monoisotopic (exact) mass is 425 g/mol. The van der Waals surface area contributed by atoms with E-state index in [1.165, 1.54) is 6.26 Å². The van der Waals surface area contributed by atoms with E-state index in [0.29, 0.717) is 49.7 Å². The average molecular weight is 425 g/mol. The number of anilines is 1. The van der Waals surface area contributed by atoms with E-state index >= 15 is 0 Å². The Morgan fingerprint density at radius 1 is 1.10 bits per heavy atom. The van der Waals surface area contributed by atoms with Crippen LogP contribution in [0.15, 0.2) is 47.1 Å². The minimum absolute atomic E-state index is 0.0332. The van der Waals surface area contributed by atoms with E-state index in [1.807, 2.05) is 25.1 Å². The molecule has 1 aromatic heterocycles. The van der Waals surface area contributed by atoms with Crippen LogP contribution in [0.4, 0.5) is 5.69 Å². The fourth-order valence-corrected chi connectivity index (χ4v) is 4.05. The Hall–Kier alpha value is -3.29. The highest BCUT2D eigenvalue weighted by molar-refractivity contribution is 5.99. The van der Waals surface area contributed by atoms with Crippen LogP contribution in [0.5, 0.6) is 5.75 Å². The Bertz CT molecular complexity index is 934. The van der Waals surface area contributed by atoms with Crippen LogP contribution in [0.25, 0.3) is 0 Å². The lowest BCUT2D eigenvalue weighted by molar-refractivity contribution is -0.129. The minimum Gasteiger partial charge on any atom is -0.477 e. The van der Waals surface area contributed by atoms with Gasteiger partial charge in [-0.3, -0.25) is 14.4 Å². The number of nitrogens with zero attached hydrogens (tertiary/aromatic N) is 2. The van der Waals surface area contributed by atoms with Crippen LogP contribution in [0.2, 0.25) is 0 Å². The largest absolute Gasteiger partial charge is 0.477 e. The molecule has 2 aliphatic rings. The first-order chi connectivity index (χ1) is 15.1. The number of nitrogens with one attached hydrogen (secondary N) is 1. The van der Waals surface area contributed by atoms with E-state index < -0.39 is 6.10 Å². The number of benzene rings is 1. The first-order valence-electron chi connectivity index (χ1n) is 10.8. The second-order valence-electron chi connectivity index (χ2n) is 7.86. The van der Waals surface area contributed by atoms with Crippen molar-refractivity contribution in [3.63, 3.8) is 0 Å². The summed E-state index contributed by atoms with van der Waals surface area (Å²) in [5, 5.41) is 2.85. The summed E-state index contributed by atoms with van der Waals surface area (Å²) in [6.45, 7) is 3.70. The summed E-state index contributed by atoms with van der Waals surface area (Å²) in [4.78, 5) is 41.8. The van der Waals surface area contributed by atoms with Crippen molar-refractivity contribution in [2.75, 3.05) is 31.1 Å². The van der Waals surface area contributed by atoms with Gasteiger partial charge in [0.15, 0.2) is 11.9 Å². The quantitative estimate of drug-likeness (QED) is 0.795. The van der Waals surface area contributed by atoms with E-state index in [9.17, 15) is 14.4 Å². The van der Waals surface area contributed by atoms with Crippen molar-refractivity contribution in [1.29, 1.82) is 0 Å². The maximum absolute atomic E-state index is 13.4. The summed E-state index contributed by atoms with van der Waals surface area (Å²) in [5.74, 6) is 0.227. The maximum Gasteiger partial charge on any atom is 0.289 e. The van der Waals surface area contributed by atoms with Crippen molar-refractivity contribution in [3.05, 3.63) is 48.4 Å². The summed E-state index contributed by atoms with van der Waals surface area (Å²) in [5.41, 5.74) is 0.682. The number of para-hydroxylation sites is 2. The van der Waals surface area contributed by atoms with E-state index in [-0.39, 0.29) is 30.2 Å². The molecule has 164 valence electrons. The lowest BCUT2D eigenvalue weighted by Gasteiger charge is -2.38. The number of hydrogen-bond acceptors (Lipinski definition) is 5. The molecule has 3 amide bonds. The highest BCUT2D eigenvalue weighted by Gasteiger charge is 2.38. The molecule has 31 heavy (non-hydrogen) atoms. The van der Waals surface area contributed by atoms with Gasteiger partial charge in [-0.15, -0.1) is 0 Å². The van der Waals surface area contributed by atoms with Gasteiger partial charge in [-0.2, -0.15) is 0 Å². The highest BCUT2D eigenvalue weighted by atomic mass is 16.5. The van der Waals surface area contributed by atoms with Crippen LogP contribution in [0.3, 0.4) is 0 Å². The maximum atomic E-state index is 13.4. The molecule has 1 fully saturated rings. The van der Waals surface area contributed by atoms with Crippen molar-refractivity contribution in [2.24, 2.45) is 5.92 Å². The van der Waals surface area contributed by atoms with E-state index in [0.717, 1.165) is 6.42 Å². The molecular formula is C23H27N3O5. The summed E-state index contributed by atoms with van der Waals surface area (Å²) < 4.78 is 11.1. The van der Waals surface area contributed by atoms with Crippen LogP contribution in [0.1, 0.15) is 36.7 Å². The molecule has 8 heteroatoms. The Balaban J connectivity index is 1.44. The van der Waals surface area contributed by atoms with Gasteiger partial charge in [0.25, 0.3) is 11.8 Å². The standard InChI is InChI=1S/C23H27N3O5/c1-2-11-24-21(27)20-15-26(17-6-3-4-7-18(17)31-20)22(28)16-9-12-25(13-10-16)23(29)19-8-5-14-30-19/h3-8,14,16,20H,2,9-13,15H2,1H3,(H,24,27)/t20-/m1/s1. The molecule has 1 saturated heterocycles. The second kappa shape index (κ2) is 9.24. The van der Waals surface area contributed by atoms with E-state index in [2.05, 4.69) is 5.32 Å². The lowest BCUT2D eigenvalue weighted by Crippen LogP contribution is -2.53. The molecule has 0 radical (unpaired) electrons. The number of carbonyl (C=O) groups is 3. The fraction of sp³-hybridized carbons (Fsp3) is 0.435. The zero-order chi connectivity index (χ0) is 21.8. The molecule has 0 unspecified atom stereocenters. The molecule has 4 rings (SSSR count). The lowest BCUT2D eigenvalue weighted by atomic mass is 9.94. The minimum atomic E-state index is -0.744. The average Bonchev–Trinajstić information content (AvgIpc) is 3.36. The molecule has 1 atom stereocenters. The zero-order valence-corrected chi connectivity index (χ0v) is 17.6. The van der Waals surface area contributed by atoms with Crippen LogP contribution in [-0.2, 0) is 9.59 Å². The summed E-state index contributed by atoms with van der Waals surface area (Å²) in [6, 6.07) is 10.6. The Morgan fingerprint density at radius 3 is 2.58 bits per heavy atom. The molecule has 3 heterocycles. The number of amides is 3. The molecule has 2 aromatic rings. The second-order valence-corrected chi connectivity index (χ2v) is 7.86. The third-order valence-electron chi connectivity index (χ3n) is 5.74. The molecular weight excluding hydrogens is 398 g/mol. The Morgan fingerprint density at radius 2 is 1.87 bits per heavy atom. The van der Waals surface area contributed by atoms with Crippen molar-refractivity contribution >= 4 is 23.4 Å². The summed E-state index contributed by atoms with van der Waals surface area (Å²) >= 11 is 0. The number of fused-ring (bicyclic) bond motifs is 1. The predicted octanol–water partition coefficient (Wildman–Crippen LogP) is 2.45. The van der Waals surface area contributed by atoms with Crippen LogP contribution < -0.4 is 15.0 Å². The topological polar surface area (TPSA) is 92.1 Å². The van der Waals surface area contributed by atoms with Crippen LogP contribution in [0, 0.1) is 5.92 Å². The molecule has 1 N–H and O–H groups in total. The van der Waals surface area contributed by atoms with Crippen molar-refractivity contribution in [1.82, 2.24) is 10.2 Å². The normalized spacial score (nSPS) is 18.8. The molecule has 0 bridgehead atoms. The van der Waals surface area contributed by atoms with Crippen LogP contribution in [-0.4, -0.2) is 54.9 Å². The predicted molar refractivity (Wildman–Crippen MR) is 114 cm³/mol. The van der Waals surface area contributed by atoms with Gasteiger partial charge in [-0.1, -0.05) is 19.1 Å². The Kier molecular flexibility index (Phi) is 6.25. The van der Waals surface area contributed by atoms with Gasteiger partial charge in [-0.05, 0) is 43.5 Å². The fourth-order valence-electron chi connectivity index (χ4n) is 4.05. The van der Waals surface area contributed by atoms with Crippen molar-refractivity contribution in [2.45, 2.75) is 32.3 Å². The molecule has 0 spiro atoms. The number of likely N-dealkylation sites (tertiary alicyclic amines) is 1. The number of furan rings is 1. The molecule has 0 aliphatic carbocycles. The van der Waals surface area contributed by atoms with Gasteiger partial charge < -0.3 is 24.3 Å². The molecule has 0 saturated carbocycles. The van der Waals surface area contributed by atoms with Gasteiger partial charge in [0.1, 0.15) is 5.75 Å². The number of hydrogen-bond donors (Lipinski definition) is 1. The van der Waals surface area contributed by atoms with E-state index in [4.69, 9.17) is 9.15 Å². The van der Waals surface area contributed by atoms with Crippen molar-refractivity contribution < 1.29 is 23.5 Å². The van der Waals surface area contributed by atoms with Gasteiger partial charge in [-0.25, -0.2) is 0 Å². The number of ether oxygens (including phenoxy) is 1. The van der Waals surface area contributed by atoms with E-state index in [1.54, 1.807) is 28.0 Å². The molecule has 1 aromatic carbocycles. The summed E-state index contributed by atoms with van der Waals surface area (Å²) in [7, 11) is 0. The van der Waals surface area contributed by atoms with Gasteiger partial charge in [0, 0.05) is 25.6 Å². The first kappa shape index (κ1) is 21.0. The summed E-state index contributed by atoms with van der Waals surface area (Å²) in [6.07, 6.45) is 2.69. The number of carbonyl (C=O) groups excluding carboxylic acids is 3. The van der Waals surface area contributed by atoms with Gasteiger partial charge in [0.05, 0.1) is 18.5 Å². The smallest absolute Gasteiger partial charge is 0.289 e. The van der Waals surface area contributed by atoms with Crippen LogP contribution >= 0.6 is 0 Å². The highest BCUT2D eigenvalue weighted by Crippen LogP contribution is 2.35. The van der Waals surface area contributed by atoms with Gasteiger partial charge >= 0.3 is 0 Å². The molecule has 2 aliphatic heterocycles. The number of piperidine rings is 1. The molecule has 8 nitrogen and oxygen atoms in total. The van der Waals surface area contributed by atoms with Gasteiger partial charge in [0.2, 0.25) is 5.91 Å². The first-order valence-corrected chi connectivity index (χ1v) is 10.8. The number of rotatable bonds is 5. The third-order valence-corrected chi connectivity index (χ3v) is 5.74. The SMILES string of the molecule is CCCNC(=O)[C@H]1CN(C(=O)C2CCN(C(=O)c3ccco3)CC2)c2ccccc2O1.